The molecule has 4 aliphatic rings. The van der Waals surface area contributed by atoms with Crippen LogP contribution in [0.5, 0.6) is 0 Å². The second-order valence-corrected chi connectivity index (χ2v) is 13.2. The Labute approximate surface area is 236 Å². The molecule has 9 nitrogen and oxygen atoms in total. The van der Waals surface area contributed by atoms with Gasteiger partial charge in [0.1, 0.15) is 11.9 Å². The third kappa shape index (κ3) is 4.59. The molecule has 3 aromatic heterocycles. The largest absolute Gasteiger partial charge is 0.358 e. The molecule has 12 heteroatoms. The molecule has 4 aromatic rings. The number of alkyl halides is 2. The number of benzene rings is 1. The number of sulfone groups is 1. The van der Waals surface area contributed by atoms with Crippen LogP contribution in [0.1, 0.15) is 17.5 Å². The number of nitriles is 1. The van der Waals surface area contributed by atoms with Gasteiger partial charge in [0.2, 0.25) is 0 Å². The van der Waals surface area contributed by atoms with E-state index in [2.05, 4.69) is 21.0 Å². The zero-order valence-corrected chi connectivity index (χ0v) is 23.1. The number of halogens is 2. The van der Waals surface area contributed by atoms with Crippen LogP contribution in [-0.4, -0.2) is 78.4 Å². The van der Waals surface area contributed by atoms with Gasteiger partial charge in [0.05, 0.1) is 47.1 Å². The smallest absolute Gasteiger partial charge is 0.282 e. The van der Waals surface area contributed by atoms with Crippen LogP contribution in [0.15, 0.2) is 66.0 Å². The highest BCUT2D eigenvalue weighted by Crippen LogP contribution is 2.38. The molecule has 8 rings (SSSR count). The van der Waals surface area contributed by atoms with Gasteiger partial charge in [-0.05, 0) is 42.3 Å². The number of hydrogen-bond donors (Lipinski definition) is 0. The molecule has 210 valence electrons. The van der Waals surface area contributed by atoms with Crippen molar-refractivity contribution in [3.05, 3.63) is 72.2 Å². The highest BCUT2D eigenvalue weighted by Gasteiger charge is 2.45. The van der Waals surface area contributed by atoms with E-state index < -0.39 is 15.8 Å². The molecule has 1 aromatic carbocycles. The summed E-state index contributed by atoms with van der Waals surface area (Å²) in [6.45, 7) is 1.65. The number of piperazine rings is 1. The van der Waals surface area contributed by atoms with Gasteiger partial charge >= 0.3 is 0 Å². The topological polar surface area (TPSA) is 97.8 Å². The minimum absolute atomic E-state index is 0.343. The molecule has 0 N–H and O–H groups in total. The van der Waals surface area contributed by atoms with Crippen LogP contribution in [0.3, 0.4) is 0 Å². The predicted octanol–water partition coefficient (Wildman–Crippen LogP) is 3.59. The first kappa shape index (κ1) is 25.9. The maximum absolute atomic E-state index is 13.6. The SMILES string of the molecule is CS(=O)(=O)c1cccc(CN2C3CC2CN(c2ccc(-c4cc(N5CC(F)(F)C5)cn5ncc(C#N)c45)cn2)C3)c1. The van der Waals surface area contributed by atoms with Crippen molar-refractivity contribution < 1.29 is 17.2 Å². The van der Waals surface area contributed by atoms with E-state index in [4.69, 9.17) is 4.98 Å². The maximum atomic E-state index is 13.6. The molecule has 7 heterocycles. The molecule has 0 saturated carbocycles. The van der Waals surface area contributed by atoms with Gasteiger partial charge in [0, 0.05) is 55.3 Å². The Hall–Kier alpha value is -4.08. The first-order chi connectivity index (χ1) is 19.6. The van der Waals surface area contributed by atoms with E-state index in [0.717, 1.165) is 42.0 Å². The van der Waals surface area contributed by atoms with Gasteiger partial charge in [-0.1, -0.05) is 12.1 Å². The summed E-state index contributed by atoms with van der Waals surface area (Å²) < 4.78 is 52.6. The van der Waals surface area contributed by atoms with Gasteiger partial charge in [0.15, 0.2) is 9.84 Å². The van der Waals surface area contributed by atoms with Crippen LogP contribution in [0.4, 0.5) is 20.3 Å². The molecule has 0 amide bonds. The van der Waals surface area contributed by atoms with Gasteiger partial charge < -0.3 is 9.80 Å². The average Bonchev–Trinajstić information content (AvgIpc) is 3.37. The number of pyridine rings is 2. The highest BCUT2D eigenvalue weighted by atomic mass is 32.2. The normalized spacial score (nSPS) is 21.8. The molecule has 2 bridgehead atoms. The first-order valence-corrected chi connectivity index (χ1v) is 15.3. The summed E-state index contributed by atoms with van der Waals surface area (Å²) in [6, 6.07) is 15.8. The van der Waals surface area contributed by atoms with Gasteiger partial charge in [-0.2, -0.15) is 10.4 Å². The van der Waals surface area contributed by atoms with E-state index in [1.807, 2.05) is 24.3 Å². The molecule has 4 saturated heterocycles. The van der Waals surface area contributed by atoms with Crippen molar-refractivity contribution in [3.8, 4) is 17.2 Å². The minimum Gasteiger partial charge on any atom is -0.358 e. The zero-order valence-electron chi connectivity index (χ0n) is 22.3. The lowest BCUT2D eigenvalue weighted by atomic mass is 9.86. The lowest BCUT2D eigenvalue weighted by molar-refractivity contribution is -0.0263. The second-order valence-electron chi connectivity index (χ2n) is 11.2. The van der Waals surface area contributed by atoms with Gasteiger partial charge in [-0.3, -0.25) is 4.90 Å². The highest BCUT2D eigenvalue weighted by molar-refractivity contribution is 7.90. The summed E-state index contributed by atoms with van der Waals surface area (Å²) in [5, 5.41) is 13.9. The Morgan fingerprint density at radius 3 is 2.51 bits per heavy atom. The summed E-state index contributed by atoms with van der Waals surface area (Å²) in [5.74, 6) is -1.85. The van der Waals surface area contributed by atoms with Crippen molar-refractivity contribution in [2.75, 3.05) is 42.2 Å². The van der Waals surface area contributed by atoms with E-state index in [1.165, 1.54) is 12.5 Å². The molecule has 2 atom stereocenters. The number of rotatable bonds is 6. The molecule has 0 aliphatic carbocycles. The summed E-state index contributed by atoms with van der Waals surface area (Å²) in [6.07, 6.45) is 7.25. The van der Waals surface area contributed by atoms with Crippen molar-refractivity contribution in [2.45, 2.75) is 35.9 Å². The Bertz CT molecular complexity index is 1800. The number of fused-ring (bicyclic) bond motifs is 3. The average molecular weight is 576 g/mol. The Morgan fingerprint density at radius 1 is 1.07 bits per heavy atom. The standard InChI is InChI=1S/C29H27F2N7O2S/c1-41(39,40)25-4-2-3-19(7-25)13-37-23-8-24(37)15-35(14-23)27-6-5-20(11-33-27)26-9-22(36-17-29(30,31)18-36)16-38-28(26)21(10-32)12-34-38/h2-7,9,11-12,16,23-24H,8,13-15,17-18H2,1H3. The van der Waals surface area contributed by atoms with E-state index >= 15 is 0 Å². The second kappa shape index (κ2) is 9.22. The lowest BCUT2D eigenvalue weighted by Crippen LogP contribution is -2.68. The number of piperidine rings is 1. The van der Waals surface area contributed by atoms with Crippen molar-refractivity contribution in [1.29, 1.82) is 5.26 Å². The van der Waals surface area contributed by atoms with Crippen molar-refractivity contribution in [1.82, 2.24) is 19.5 Å². The molecular formula is C29H27F2N7O2S. The van der Waals surface area contributed by atoms with Crippen LogP contribution in [-0.2, 0) is 16.4 Å². The lowest BCUT2D eigenvalue weighted by Gasteiger charge is -2.56. The summed E-state index contributed by atoms with van der Waals surface area (Å²) in [4.78, 5) is 11.4. The maximum Gasteiger partial charge on any atom is 0.282 e. The number of nitrogens with zero attached hydrogens (tertiary/aromatic N) is 7. The third-order valence-corrected chi connectivity index (χ3v) is 9.46. The Balaban J connectivity index is 1.10. The van der Waals surface area contributed by atoms with E-state index in [1.54, 1.807) is 40.0 Å². The predicted molar refractivity (Wildman–Crippen MR) is 150 cm³/mol. The first-order valence-electron chi connectivity index (χ1n) is 13.4. The molecule has 2 unspecified atom stereocenters. The fourth-order valence-corrected chi connectivity index (χ4v) is 6.92. The van der Waals surface area contributed by atoms with E-state index in [0.29, 0.717) is 40.3 Å². The van der Waals surface area contributed by atoms with Gasteiger partial charge in [0.25, 0.3) is 5.92 Å². The Kier molecular flexibility index (Phi) is 5.82. The zero-order chi connectivity index (χ0) is 28.5. The van der Waals surface area contributed by atoms with Gasteiger partial charge in [-0.15, -0.1) is 0 Å². The molecular weight excluding hydrogens is 548 g/mol. The summed E-state index contributed by atoms with van der Waals surface area (Å²) in [7, 11) is -3.25. The summed E-state index contributed by atoms with van der Waals surface area (Å²) >= 11 is 0. The van der Waals surface area contributed by atoms with Gasteiger partial charge in [-0.25, -0.2) is 26.7 Å². The molecule has 4 fully saturated rings. The van der Waals surface area contributed by atoms with Crippen molar-refractivity contribution >= 4 is 26.9 Å². The fraction of sp³-hybridized carbons (Fsp3) is 0.345. The van der Waals surface area contributed by atoms with Crippen LogP contribution in [0, 0.1) is 11.3 Å². The van der Waals surface area contributed by atoms with Crippen LogP contribution in [0.2, 0.25) is 0 Å². The van der Waals surface area contributed by atoms with E-state index in [-0.39, 0.29) is 13.1 Å². The summed E-state index contributed by atoms with van der Waals surface area (Å²) in [5.41, 5.74) is 4.13. The van der Waals surface area contributed by atoms with E-state index in [9.17, 15) is 22.5 Å². The quantitative estimate of drug-likeness (QED) is 0.344. The molecule has 0 spiro atoms. The number of aromatic nitrogens is 3. The van der Waals surface area contributed by atoms with Crippen molar-refractivity contribution in [3.63, 3.8) is 0 Å². The molecule has 0 radical (unpaired) electrons. The molecule has 4 aliphatic heterocycles. The number of hydrogen-bond acceptors (Lipinski definition) is 8. The third-order valence-electron chi connectivity index (χ3n) is 8.35. The minimum atomic E-state index is -3.25. The fourth-order valence-electron chi connectivity index (χ4n) is 6.23. The number of anilines is 2. The van der Waals surface area contributed by atoms with Crippen molar-refractivity contribution in [2.24, 2.45) is 0 Å². The van der Waals surface area contributed by atoms with Crippen LogP contribution < -0.4 is 9.80 Å². The van der Waals surface area contributed by atoms with Crippen LogP contribution in [0.25, 0.3) is 16.6 Å². The Morgan fingerprint density at radius 2 is 1.85 bits per heavy atom. The van der Waals surface area contributed by atoms with Crippen LogP contribution >= 0.6 is 0 Å². The molecule has 41 heavy (non-hydrogen) atoms. The monoisotopic (exact) mass is 575 g/mol.